The summed E-state index contributed by atoms with van der Waals surface area (Å²) in [5.74, 6) is -0.327. The summed E-state index contributed by atoms with van der Waals surface area (Å²) < 4.78 is 0. The Labute approximate surface area is 112 Å². The van der Waals surface area contributed by atoms with Gasteiger partial charge in [-0.25, -0.2) is 0 Å². The van der Waals surface area contributed by atoms with Crippen molar-refractivity contribution in [1.29, 1.82) is 0 Å². The Morgan fingerprint density at radius 1 is 1.33 bits per heavy atom. The lowest BCUT2D eigenvalue weighted by Crippen LogP contribution is -2.37. The van der Waals surface area contributed by atoms with E-state index in [0.717, 1.165) is 29.1 Å². The first-order valence-corrected chi connectivity index (χ1v) is 6.95. The van der Waals surface area contributed by atoms with Crippen LogP contribution in [0.4, 0.5) is 0 Å². The van der Waals surface area contributed by atoms with Crippen molar-refractivity contribution >= 4 is 23.0 Å². The highest BCUT2D eigenvalue weighted by atomic mass is 32.1. The molecule has 0 spiro atoms. The molecule has 0 radical (unpaired) electrons. The van der Waals surface area contributed by atoms with Crippen LogP contribution < -0.4 is 5.73 Å². The molecule has 0 aliphatic carbocycles. The zero-order chi connectivity index (χ0) is 13.5. The molecule has 0 aromatic carbocycles. The molecule has 0 bridgehead atoms. The molecule has 0 unspecified atom stereocenters. The topological polar surface area (TPSA) is 63.4 Å². The zero-order valence-electron chi connectivity index (χ0n) is 10.9. The number of ketones is 1. The second-order valence-corrected chi connectivity index (χ2v) is 5.65. The number of hydrogen-bond donors (Lipinski definition) is 1. The summed E-state index contributed by atoms with van der Waals surface area (Å²) in [6.07, 6.45) is 1.99. The highest BCUT2D eigenvalue weighted by molar-refractivity contribution is 7.14. The van der Waals surface area contributed by atoms with Crippen molar-refractivity contribution in [2.75, 3.05) is 19.6 Å². The lowest BCUT2D eigenvalue weighted by atomic mass is 10.2. The number of nitrogens with two attached hydrogens (primary N) is 1. The molecule has 1 aromatic heterocycles. The fraction of sp³-hybridized carbons (Fsp3) is 0.538. The molecule has 18 heavy (non-hydrogen) atoms. The molecule has 0 aliphatic heterocycles. The predicted molar refractivity (Wildman–Crippen MR) is 73.9 cm³/mol. The van der Waals surface area contributed by atoms with Gasteiger partial charge >= 0.3 is 0 Å². The van der Waals surface area contributed by atoms with Crippen molar-refractivity contribution < 1.29 is 9.59 Å². The van der Waals surface area contributed by atoms with Gasteiger partial charge in [-0.2, -0.15) is 0 Å². The van der Waals surface area contributed by atoms with E-state index >= 15 is 0 Å². The third-order valence-electron chi connectivity index (χ3n) is 2.59. The van der Waals surface area contributed by atoms with Gasteiger partial charge in [0.25, 0.3) is 0 Å². The lowest BCUT2D eigenvalue weighted by Gasteiger charge is -2.19. The molecule has 1 amide bonds. The van der Waals surface area contributed by atoms with Crippen LogP contribution in [0.25, 0.3) is 0 Å². The fourth-order valence-electron chi connectivity index (χ4n) is 1.68. The highest BCUT2D eigenvalue weighted by Gasteiger charge is 2.15. The van der Waals surface area contributed by atoms with E-state index in [1.807, 2.05) is 24.0 Å². The van der Waals surface area contributed by atoms with Crippen molar-refractivity contribution in [3.05, 3.63) is 21.9 Å². The van der Waals surface area contributed by atoms with Gasteiger partial charge in [0.1, 0.15) is 0 Å². The van der Waals surface area contributed by atoms with Crippen molar-refractivity contribution in [1.82, 2.24) is 4.90 Å². The summed E-state index contributed by atoms with van der Waals surface area (Å²) in [7, 11) is 0. The Kier molecular flexibility index (Phi) is 6.01. The number of nitrogens with zero attached hydrogens (tertiary/aromatic N) is 1. The molecule has 1 aromatic rings. The number of aryl methyl sites for hydroxylation is 1. The monoisotopic (exact) mass is 268 g/mol. The molecule has 0 atom stereocenters. The van der Waals surface area contributed by atoms with E-state index in [-0.39, 0.29) is 24.8 Å². The number of thiophene rings is 1. The number of Topliss-reactive ketones (excluding diaryl/α,β-unsaturated/α-hetero) is 1. The first-order valence-electron chi connectivity index (χ1n) is 6.13. The summed E-state index contributed by atoms with van der Waals surface area (Å²) >= 11 is 1.49. The molecule has 0 fully saturated rings. The molecule has 0 saturated carbocycles. The molecule has 100 valence electrons. The Morgan fingerprint density at radius 2 is 2.06 bits per heavy atom. The second-order valence-electron chi connectivity index (χ2n) is 4.36. The Morgan fingerprint density at radius 3 is 2.56 bits per heavy atom. The molecule has 0 aliphatic rings. The van der Waals surface area contributed by atoms with Gasteiger partial charge in [-0.05, 0) is 32.0 Å². The molecule has 1 rings (SSSR count). The summed E-state index contributed by atoms with van der Waals surface area (Å²) in [4.78, 5) is 26.7. The number of carbonyl (C=O) groups excluding carboxylic acids is 2. The van der Waals surface area contributed by atoms with Crippen molar-refractivity contribution in [3.8, 4) is 0 Å². The highest BCUT2D eigenvalue weighted by Crippen LogP contribution is 2.16. The molecule has 2 N–H and O–H groups in total. The molecule has 0 saturated heterocycles. The van der Waals surface area contributed by atoms with Crippen molar-refractivity contribution in [3.63, 3.8) is 0 Å². The van der Waals surface area contributed by atoms with Crippen LogP contribution in [0, 0.1) is 6.92 Å². The van der Waals surface area contributed by atoms with Gasteiger partial charge in [0, 0.05) is 4.88 Å². The largest absolute Gasteiger partial charge is 0.369 e. The predicted octanol–water partition coefficient (Wildman–Crippen LogP) is 1.83. The van der Waals surface area contributed by atoms with Crippen LogP contribution in [0.5, 0.6) is 0 Å². The summed E-state index contributed by atoms with van der Waals surface area (Å²) in [6.45, 7) is 5.20. The minimum atomic E-state index is -0.388. The number of primary amides is 1. The molecule has 5 heteroatoms. The van der Waals surface area contributed by atoms with Crippen LogP contribution in [0.15, 0.2) is 12.1 Å². The maximum Gasteiger partial charge on any atom is 0.231 e. The number of hydrogen-bond acceptors (Lipinski definition) is 4. The fourth-order valence-corrected chi connectivity index (χ4v) is 2.48. The van der Waals surface area contributed by atoms with Crippen LogP contribution in [0.2, 0.25) is 0 Å². The Bertz CT molecular complexity index is 415. The average molecular weight is 268 g/mol. The first-order chi connectivity index (χ1) is 8.52. The SMILES string of the molecule is CCCCN(CC(N)=O)CC(=O)c1ccc(C)s1. The molecule has 4 nitrogen and oxygen atoms in total. The van der Waals surface area contributed by atoms with E-state index in [1.54, 1.807) is 0 Å². The van der Waals surface area contributed by atoms with Crippen LogP contribution >= 0.6 is 11.3 Å². The normalized spacial score (nSPS) is 10.8. The smallest absolute Gasteiger partial charge is 0.231 e. The standard InChI is InChI=1S/C13H20N2O2S/c1-3-4-7-15(9-13(14)17)8-11(16)12-6-5-10(2)18-12/h5-6H,3-4,7-9H2,1-2H3,(H2,14,17). The number of carbonyl (C=O) groups is 2. The lowest BCUT2D eigenvalue weighted by molar-refractivity contribution is -0.119. The van der Waals surface area contributed by atoms with E-state index in [0.29, 0.717) is 0 Å². The van der Waals surface area contributed by atoms with Gasteiger partial charge in [0.05, 0.1) is 18.0 Å². The van der Waals surface area contributed by atoms with Gasteiger partial charge in [-0.1, -0.05) is 13.3 Å². The molecule has 1 heterocycles. The van der Waals surface area contributed by atoms with Gasteiger partial charge in [0.15, 0.2) is 5.78 Å². The number of rotatable bonds is 8. The van der Waals surface area contributed by atoms with Gasteiger partial charge in [-0.3, -0.25) is 14.5 Å². The maximum atomic E-state index is 12.0. The van der Waals surface area contributed by atoms with E-state index in [2.05, 4.69) is 6.92 Å². The average Bonchev–Trinajstić information content (AvgIpc) is 2.72. The van der Waals surface area contributed by atoms with Gasteiger partial charge in [-0.15, -0.1) is 11.3 Å². The van der Waals surface area contributed by atoms with Crippen LogP contribution in [-0.2, 0) is 4.79 Å². The number of amides is 1. The van der Waals surface area contributed by atoms with Crippen LogP contribution in [0.1, 0.15) is 34.3 Å². The quantitative estimate of drug-likeness (QED) is 0.732. The minimum absolute atomic E-state index is 0.0606. The van der Waals surface area contributed by atoms with Crippen LogP contribution in [0.3, 0.4) is 0 Å². The first kappa shape index (κ1) is 14.9. The zero-order valence-corrected chi connectivity index (χ0v) is 11.8. The minimum Gasteiger partial charge on any atom is -0.369 e. The van der Waals surface area contributed by atoms with Gasteiger partial charge in [0.2, 0.25) is 5.91 Å². The summed E-state index contributed by atoms with van der Waals surface area (Å²) in [5, 5.41) is 0. The van der Waals surface area contributed by atoms with E-state index in [9.17, 15) is 9.59 Å². The van der Waals surface area contributed by atoms with Crippen molar-refractivity contribution in [2.45, 2.75) is 26.7 Å². The van der Waals surface area contributed by atoms with Gasteiger partial charge < -0.3 is 5.73 Å². The van der Waals surface area contributed by atoms with E-state index < -0.39 is 0 Å². The number of unbranched alkanes of at least 4 members (excludes halogenated alkanes) is 1. The van der Waals surface area contributed by atoms with Crippen LogP contribution in [-0.4, -0.2) is 36.2 Å². The van der Waals surface area contributed by atoms with E-state index in [1.165, 1.54) is 11.3 Å². The summed E-state index contributed by atoms with van der Waals surface area (Å²) in [6, 6.07) is 3.77. The molecular weight excluding hydrogens is 248 g/mol. The van der Waals surface area contributed by atoms with Crippen molar-refractivity contribution in [2.24, 2.45) is 5.73 Å². The third kappa shape index (κ3) is 4.98. The third-order valence-corrected chi connectivity index (χ3v) is 3.63. The molecular formula is C13H20N2O2S. The maximum absolute atomic E-state index is 12.0. The summed E-state index contributed by atoms with van der Waals surface area (Å²) in [5.41, 5.74) is 5.19. The second kappa shape index (κ2) is 7.28. The Hall–Kier alpha value is -1.20. The Balaban J connectivity index is 2.58. The van der Waals surface area contributed by atoms with E-state index in [4.69, 9.17) is 5.73 Å².